The van der Waals surface area contributed by atoms with E-state index >= 15 is 0 Å². The van der Waals surface area contributed by atoms with Gasteiger partial charge in [0.1, 0.15) is 0 Å². The van der Waals surface area contributed by atoms with Crippen LogP contribution in [0.3, 0.4) is 0 Å². The second kappa shape index (κ2) is 8.44. The van der Waals surface area contributed by atoms with Crippen LogP contribution in [0.5, 0.6) is 0 Å². The quantitative estimate of drug-likeness (QED) is 0.851. The van der Waals surface area contributed by atoms with Gasteiger partial charge in [0.05, 0.1) is 6.54 Å². The molecule has 2 aromatic rings. The third-order valence-corrected chi connectivity index (χ3v) is 5.12. The van der Waals surface area contributed by atoms with Crippen molar-refractivity contribution in [3.05, 3.63) is 53.1 Å². The monoisotopic (exact) mass is 366 g/mol. The summed E-state index contributed by atoms with van der Waals surface area (Å²) in [4.78, 5) is 17.0. The molecule has 1 fully saturated rings. The Bertz CT molecular complexity index is 769. The molecule has 1 aliphatic heterocycles. The molecule has 3 rings (SSSR count). The van der Waals surface area contributed by atoms with Crippen molar-refractivity contribution in [2.24, 2.45) is 0 Å². The van der Waals surface area contributed by atoms with Crippen LogP contribution in [-0.4, -0.2) is 50.6 Å². The number of piperazine rings is 1. The average Bonchev–Trinajstić information content (AvgIpc) is 2.62. The maximum absolute atomic E-state index is 12.3. The number of benzene rings is 2. The molecule has 0 bridgehead atoms. The average molecular weight is 367 g/mol. The van der Waals surface area contributed by atoms with Crippen LogP contribution in [0.4, 0.5) is 17.1 Å². The SMILES string of the molecule is Cc1cc(C)c(NCC(=O)Nc2ccc(N3CCN(C)CC3)cc2)c(C)c1. The number of rotatable bonds is 5. The number of carbonyl (C=O) groups is 1. The fourth-order valence-electron chi connectivity index (χ4n) is 3.65. The number of amides is 1. The highest BCUT2D eigenvalue weighted by molar-refractivity contribution is 5.94. The molecule has 5 heteroatoms. The van der Waals surface area contributed by atoms with Gasteiger partial charge in [-0.2, -0.15) is 0 Å². The Morgan fingerprint density at radius 2 is 1.56 bits per heavy atom. The summed E-state index contributed by atoms with van der Waals surface area (Å²) < 4.78 is 0. The van der Waals surface area contributed by atoms with Crippen molar-refractivity contribution in [3.63, 3.8) is 0 Å². The van der Waals surface area contributed by atoms with Gasteiger partial charge in [-0.25, -0.2) is 0 Å². The molecule has 1 amide bonds. The smallest absolute Gasteiger partial charge is 0.243 e. The lowest BCUT2D eigenvalue weighted by molar-refractivity contribution is -0.114. The van der Waals surface area contributed by atoms with E-state index in [4.69, 9.17) is 0 Å². The normalized spacial score (nSPS) is 14.9. The Balaban J connectivity index is 1.54. The molecule has 2 N–H and O–H groups in total. The second-order valence-electron chi connectivity index (χ2n) is 7.51. The lowest BCUT2D eigenvalue weighted by Crippen LogP contribution is -2.44. The standard InChI is InChI=1S/C22H30N4O/c1-16-13-17(2)22(18(3)14-16)23-15-21(27)24-19-5-7-20(8-6-19)26-11-9-25(4)10-12-26/h5-8,13-14,23H,9-12,15H2,1-4H3,(H,24,27). The van der Waals surface area contributed by atoms with Crippen LogP contribution >= 0.6 is 0 Å². The number of hydrogen-bond acceptors (Lipinski definition) is 4. The number of anilines is 3. The molecule has 5 nitrogen and oxygen atoms in total. The topological polar surface area (TPSA) is 47.6 Å². The van der Waals surface area contributed by atoms with Gasteiger partial charge in [-0.1, -0.05) is 17.7 Å². The lowest BCUT2D eigenvalue weighted by atomic mass is 10.1. The molecule has 1 saturated heterocycles. The lowest BCUT2D eigenvalue weighted by Gasteiger charge is -2.34. The molecule has 1 heterocycles. The molecule has 0 atom stereocenters. The Morgan fingerprint density at radius 3 is 2.15 bits per heavy atom. The first-order valence-corrected chi connectivity index (χ1v) is 9.57. The molecule has 0 unspecified atom stereocenters. The summed E-state index contributed by atoms with van der Waals surface area (Å²) in [5.74, 6) is -0.0401. The van der Waals surface area contributed by atoms with Gasteiger partial charge in [-0.05, 0) is 63.2 Å². The minimum atomic E-state index is -0.0401. The van der Waals surface area contributed by atoms with E-state index in [2.05, 4.69) is 72.5 Å². The van der Waals surface area contributed by atoms with E-state index in [-0.39, 0.29) is 12.5 Å². The van der Waals surface area contributed by atoms with E-state index in [1.165, 1.54) is 11.3 Å². The fourth-order valence-corrected chi connectivity index (χ4v) is 3.65. The second-order valence-corrected chi connectivity index (χ2v) is 7.51. The van der Waals surface area contributed by atoms with Crippen molar-refractivity contribution in [3.8, 4) is 0 Å². The highest BCUT2D eigenvalue weighted by Crippen LogP contribution is 2.22. The van der Waals surface area contributed by atoms with Crippen LogP contribution in [-0.2, 0) is 4.79 Å². The first-order chi connectivity index (χ1) is 12.9. The summed E-state index contributed by atoms with van der Waals surface area (Å²) in [5.41, 5.74) is 6.65. The molecular formula is C22H30N4O. The van der Waals surface area contributed by atoms with Crippen molar-refractivity contribution in [1.82, 2.24) is 4.90 Å². The van der Waals surface area contributed by atoms with Crippen molar-refractivity contribution in [1.29, 1.82) is 0 Å². The maximum atomic E-state index is 12.3. The van der Waals surface area contributed by atoms with Crippen LogP contribution < -0.4 is 15.5 Å². The van der Waals surface area contributed by atoms with Crippen LogP contribution in [0.2, 0.25) is 0 Å². The van der Waals surface area contributed by atoms with Gasteiger partial charge in [0.2, 0.25) is 5.91 Å². The van der Waals surface area contributed by atoms with E-state index in [0.717, 1.165) is 48.7 Å². The van der Waals surface area contributed by atoms with E-state index < -0.39 is 0 Å². The fraction of sp³-hybridized carbons (Fsp3) is 0.409. The Hall–Kier alpha value is -2.53. The van der Waals surface area contributed by atoms with Gasteiger partial charge in [0.25, 0.3) is 0 Å². The molecule has 0 aromatic heterocycles. The molecule has 144 valence electrons. The molecule has 0 spiro atoms. The van der Waals surface area contributed by atoms with E-state index in [0.29, 0.717) is 0 Å². The summed E-state index contributed by atoms with van der Waals surface area (Å²) in [6, 6.07) is 12.4. The van der Waals surface area contributed by atoms with Crippen LogP contribution in [0.25, 0.3) is 0 Å². The van der Waals surface area contributed by atoms with Gasteiger partial charge in [-0.3, -0.25) is 4.79 Å². The van der Waals surface area contributed by atoms with Gasteiger partial charge in [0, 0.05) is 43.2 Å². The van der Waals surface area contributed by atoms with Crippen molar-refractivity contribution in [2.75, 3.05) is 55.3 Å². The number of likely N-dealkylation sites (N-methyl/N-ethyl adjacent to an activating group) is 1. The molecular weight excluding hydrogens is 336 g/mol. The van der Waals surface area contributed by atoms with Crippen LogP contribution in [0.15, 0.2) is 36.4 Å². The van der Waals surface area contributed by atoms with Crippen molar-refractivity contribution in [2.45, 2.75) is 20.8 Å². The predicted molar refractivity (Wildman–Crippen MR) is 114 cm³/mol. The largest absolute Gasteiger partial charge is 0.376 e. The zero-order chi connectivity index (χ0) is 19.4. The first kappa shape index (κ1) is 19.2. The number of carbonyl (C=O) groups excluding carboxylic acids is 1. The van der Waals surface area contributed by atoms with Crippen molar-refractivity contribution < 1.29 is 4.79 Å². The zero-order valence-corrected chi connectivity index (χ0v) is 16.8. The van der Waals surface area contributed by atoms with E-state index in [1.807, 2.05) is 12.1 Å². The van der Waals surface area contributed by atoms with Crippen LogP contribution in [0, 0.1) is 20.8 Å². The van der Waals surface area contributed by atoms with Gasteiger partial charge >= 0.3 is 0 Å². The molecule has 0 radical (unpaired) electrons. The molecule has 0 aliphatic carbocycles. The van der Waals surface area contributed by atoms with Gasteiger partial charge in [0.15, 0.2) is 0 Å². The van der Waals surface area contributed by atoms with Crippen molar-refractivity contribution >= 4 is 23.0 Å². The maximum Gasteiger partial charge on any atom is 0.243 e. The van der Waals surface area contributed by atoms with Gasteiger partial charge in [-0.15, -0.1) is 0 Å². The number of nitrogens with one attached hydrogen (secondary N) is 2. The number of hydrogen-bond donors (Lipinski definition) is 2. The number of aryl methyl sites for hydroxylation is 3. The predicted octanol–water partition coefficient (Wildman–Crippen LogP) is 3.41. The highest BCUT2D eigenvalue weighted by Gasteiger charge is 2.14. The van der Waals surface area contributed by atoms with Crippen LogP contribution in [0.1, 0.15) is 16.7 Å². The zero-order valence-electron chi connectivity index (χ0n) is 16.8. The third-order valence-electron chi connectivity index (χ3n) is 5.12. The summed E-state index contributed by atoms with van der Waals surface area (Å²) in [6.45, 7) is 10.7. The summed E-state index contributed by atoms with van der Waals surface area (Å²) in [5, 5.41) is 6.24. The summed E-state index contributed by atoms with van der Waals surface area (Å²) >= 11 is 0. The summed E-state index contributed by atoms with van der Waals surface area (Å²) in [7, 11) is 2.16. The molecule has 0 saturated carbocycles. The van der Waals surface area contributed by atoms with E-state index in [1.54, 1.807) is 0 Å². The Morgan fingerprint density at radius 1 is 0.963 bits per heavy atom. The minimum absolute atomic E-state index is 0.0401. The number of nitrogens with zero attached hydrogens (tertiary/aromatic N) is 2. The molecule has 1 aliphatic rings. The molecule has 2 aromatic carbocycles. The van der Waals surface area contributed by atoms with Gasteiger partial charge < -0.3 is 20.4 Å². The first-order valence-electron chi connectivity index (χ1n) is 9.57. The summed E-state index contributed by atoms with van der Waals surface area (Å²) in [6.07, 6.45) is 0. The third kappa shape index (κ3) is 5.01. The highest BCUT2D eigenvalue weighted by atomic mass is 16.1. The molecule has 27 heavy (non-hydrogen) atoms. The Labute approximate surface area is 162 Å². The van der Waals surface area contributed by atoms with E-state index in [9.17, 15) is 4.79 Å². The minimum Gasteiger partial charge on any atom is -0.376 e. The Kier molecular flexibility index (Phi) is 6.01.